The zero-order valence-corrected chi connectivity index (χ0v) is 11.2. The van der Waals surface area contributed by atoms with Gasteiger partial charge in [0.25, 0.3) is 0 Å². The van der Waals surface area contributed by atoms with E-state index in [0.29, 0.717) is 5.56 Å². The molecule has 86 valence electrons. The SMILES string of the molecule is O=C(/C=C/c1ccc(Br)s1)c1ccc(O)cc1. The fraction of sp³-hybridized carbons (Fsp3) is 0. The molecule has 2 rings (SSSR count). The van der Waals surface area contributed by atoms with Crippen molar-refractivity contribution in [3.05, 3.63) is 56.7 Å². The molecular weight excluding hydrogens is 300 g/mol. The summed E-state index contributed by atoms with van der Waals surface area (Å²) >= 11 is 4.93. The van der Waals surface area contributed by atoms with Gasteiger partial charge in [0.05, 0.1) is 3.79 Å². The number of thiophene rings is 1. The monoisotopic (exact) mass is 308 g/mol. The number of allylic oxidation sites excluding steroid dienone is 1. The molecule has 0 saturated carbocycles. The fourth-order valence-electron chi connectivity index (χ4n) is 1.30. The maximum atomic E-state index is 11.8. The number of halogens is 1. The summed E-state index contributed by atoms with van der Waals surface area (Å²) in [4.78, 5) is 12.8. The van der Waals surface area contributed by atoms with Crippen molar-refractivity contribution in [3.8, 4) is 5.75 Å². The van der Waals surface area contributed by atoms with E-state index < -0.39 is 0 Å². The second-order valence-electron chi connectivity index (χ2n) is 3.39. The third-order valence-electron chi connectivity index (χ3n) is 2.14. The smallest absolute Gasteiger partial charge is 0.185 e. The Morgan fingerprint density at radius 2 is 1.88 bits per heavy atom. The van der Waals surface area contributed by atoms with Gasteiger partial charge in [-0.1, -0.05) is 0 Å². The summed E-state index contributed by atoms with van der Waals surface area (Å²) < 4.78 is 1.04. The molecule has 17 heavy (non-hydrogen) atoms. The summed E-state index contributed by atoms with van der Waals surface area (Å²) in [6.07, 6.45) is 3.31. The van der Waals surface area contributed by atoms with Crippen LogP contribution in [0.4, 0.5) is 0 Å². The van der Waals surface area contributed by atoms with Crippen molar-refractivity contribution >= 4 is 39.1 Å². The van der Waals surface area contributed by atoms with Gasteiger partial charge in [0.2, 0.25) is 0 Å². The average Bonchev–Trinajstić information content (AvgIpc) is 2.73. The highest BCUT2D eigenvalue weighted by Gasteiger charge is 2.01. The molecule has 1 aromatic heterocycles. The second kappa shape index (κ2) is 5.29. The molecule has 0 unspecified atom stereocenters. The Labute approximate surface area is 111 Å². The third kappa shape index (κ3) is 3.28. The zero-order chi connectivity index (χ0) is 12.3. The lowest BCUT2D eigenvalue weighted by molar-refractivity contribution is 0.104. The van der Waals surface area contributed by atoms with E-state index in [0.717, 1.165) is 8.66 Å². The van der Waals surface area contributed by atoms with Gasteiger partial charge in [0.1, 0.15) is 5.75 Å². The van der Waals surface area contributed by atoms with E-state index in [2.05, 4.69) is 15.9 Å². The molecule has 2 nitrogen and oxygen atoms in total. The second-order valence-corrected chi connectivity index (χ2v) is 5.88. The zero-order valence-electron chi connectivity index (χ0n) is 8.76. The van der Waals surface area contributed by atoms with E-state index in [4.69, 9.17) is 5.11 Å². The first-order valence-corrected chi connectivity index (χ1v) is 6.53. The molecule has 1 aromatic carbocycles. The normalized spacial score (nSPS) is 10.9. The highest BCUT2D eigenvalue weighted by Crippen LogP contribution is 2.23. The van der Waals surface area contributed by atoms with Gasteiger partial charge < -0.3 is 5.11 Å². The third-order valence-corrected chi connectivity index (χ3v) is 3.73. The summed E-state index contributed by atoms with van der Waals surface area (Å²) in [7, 11) is 0. The molecule has 0 aliphatic heterocycles. The molecule has 2 aromatic rings. The first kappa shape index (κ1) is 12.1. The van der Waals surface area contributed by atoms with Crippen LogP contribution in [0.2, 0.25) is 0 Å². The highest BCUT2D eigenvalue weighted by molar-refractivity contribution is 9.11. The van der Waals surface area contributed by atoms with E-state index >= 15 is 0 Å². The number of phenolic OH excluding ortho intramolecular Hbond substituents is 1. The standard InChI is InChI=1S/C13H9BrO2S/c14-13-8-6-11(17-13)5-7-12(16)9-1-3-10(15)4-2-9/h1-8,15H/b7-5+. The van der Waals surface area contributed by atoms with Crippen molar-refractivity contribution in [2.75, 3.05) is 0 Å². The Balaban J connectivity index is 2.11. The molecule has 0 aliphatic rings. The van der Waals surface area contributed by atoms with Gasteiger partial charge in [0.15, 0.2) is 5.78 Å². The van der Waals surface area contributed by atoms with E-state index in [1.165, 1.54) is 18.2 Å². The number of ketones is 1. The maximum absolute atomic E-state index is 11.8. The van der Waals surface area contributed by atoms with Crippen molar-refractivity contribution in [1.29, 1.82) is 0 Å². The van der Waals surface area contributed by atoms with E-state index in [9.17, 15) is 4.79 Å². The van der Waals surface area contributed by atoms with Gasteiger partial charge in [-0.25, -0.2) is 0 Å². The van der Waals surface area contributed by atoms with Crippen LogP contribution in [0, 0.1) is 0 Å². The lowest BCUT2D eigenvalue weighted by Crippen LogP contribution is -1.92. The van der Waals surface area contributed by atoms with Crippen molar-refractivity contribution in [2.24, 2.45) is 0 Å². The van der Waals surface area contributed by atoms with Gasteiger partial charge in [-0.2, -0.15) is 0 Å². The number of rotatable bonds is 3. The Bertz CT molecular complexity index is 555. The number of benzene rings is 1. The van der Waals surface area contributed by atoms with Crippen LogP contribution in [0.3, 0.4) is 0 Å². The molecule has 0 spiro atoms. The maximum Gasteiger partial charge on any atom is 0.185 e. The van der Waals surface area contributed by atoms with Crippen LogP contribution in [0.1, 0.15) is 15.2 Å². The van der Waals surface area contributed by atoms with E-state index in [1.807, 2.05) is 12.1 Å². The minimum absolute atomic E-state index is 0.0745. The van der Waals surface area contributed by atoms with Gasteiger partial charge >= 0.3 is 0 Å². The largest absolute Gasteiger partial charge is 0.508 e. The number of hydrogen-bond acceptors (Lipinski definition) is 3. The van der Waals surface area contributed by atoms with Crippen molar-refractivity contribution in [1.82, 2.24) is 0 Å². The van der Waals surface area contributed by atoms with Crippen LogP contribution in [0.25, 0.3) is 6.08 Å². The lowest BCUT2D eigenvalue weighted by Gasteiger charge is -1.95. The van der Waals surface area contributed by atoms with Crippen LogP contribution in [-0.2, 0) is 0 Å². The molecule has 1 heterocycles. The molecule has 0 radical (unpaired) electrons. The summed E-state index contributed by atoms with van der Waals surface area (Å²) in [5.41, 5.74) is 0.565. The predicted octanol–water partition coefficient (Wildman–Crippen LogP) is 4.11. The molecule has 0 saturated heterocycles. The molecule has 0 atom stereocenters. The summed E-state index contributed by atoms with van der Waals surface area (Å²) in [6.45, 7) is 0. The molecule has 0 aliphatic carbocycles. The Morgan fingerprint density at radius 3 is 2.47 bits per heavy atom. The predicted molar refractivity (Wildman–Crippen MR) is 73.5 cm³/mol. The fourth-order valence-corrected chi connectivity index (χ4v) is 2.62. The summed E-state index contributed by atoms with van der Waals surface area (Å²) in [6, 6.07) is 10.1. The summed E-state index contributed by atoms with van der Waals surface area (Å²) in [5, 5.41) is 9.12. The number of carbonyl (C=O) groups excluding carboxylic acids is 1. The van der Waals surface area contributed by atoms with Crippen LogP contribution in [-0.4, -0.2) is 10.9 Å². The van der Waals surface area contributed by atoms with Crippen molar-refractivity contribution in [3.63, 3.8) is 0 Å². The molecular formula is C13H9BrO2S. The van der Waals surface area contributed by atoms with Crippen LogP contribution < -0.4 is 0 Å². The number of hydrogen-bond donors (Lipinski definition) is 1. The van der Waals surface area contributed by atoms with Crippen LogP contribution in [0.15, 0.2) is 46.3 Å². The molecule has 0 bridgehead atoms. The van der Waals surface area contributed by atoms with Crippen LogP contribution >= 0.6 is 27.3 Å². The summed E-state index contributed by atoms with van der Waals surface area (Å²) in [5.74, 6) is 0.0854. The number of phenols is 1. The molecule has 1 N–H and O–H groups in total. The minimum atomic E-state index is -0.0745. The topological polar surface area (TPSA) is 37.3 Å². The van der Waals surface area contributed by atoms with Gasteiger partial charge in [0, 0.05) is 10.4 Å². The quantitative estimate of drug-likeness (QED) is 0.684. The van der Waals surface area contributed by atoms with E-state index in [1.54, 1.807) is 29.5 Å². The highest BCUT2D eigenvalue weighted by atomic mass is 79.9. The van der Waals surface area contributed by atoms with Crippen molar-refractivity contribution < 1.29 is 9.90 Å². The van der Waals surface area contributed by atoms with Gasteiger partial charge in [-0.15, -0.1) is 11.3 Å². The first-order valence-electron chi connectivity index (χ1n) is 4.92. The van der Waals surface area contributed by atoms with Gasteiger partial charge in [-0.05, 0) is 64.5 Å². The van der Waals surface area contributed by atoms with Crippen molar-refractivity contribution in [2.45, 2.75) is 0 Å². The number of carbonyl (C=O) groups is 1. The minimum Gasteiger partial charge on any atom is -0.508 e. The van der Waals surface area contributed by atoms with E-state index in [-0.39, 0.29) is 11.5 Å². The number of aromatic hydroxyl groups is 1. The Morgan fingerprint density at radius 1 is 1.18 bits per heavy atom. The molecule has 0 fully saturated rings. The van der Waals surface area contributed by atoms with Gasteiger partial charge in [-0.3, -0.25) is 4.79 Å². The Kier molecular flexibility index (Phi) is 3.76. The average molecular weight is 309 g/mol. The molecule has 4 heteroatoms. The Hall–Kier alpha value is -1.39. The molecule has 0 amide bonds. The lowest BCUT2D eigenvalue weighted by atomic mass is 10.1. The van der Waals surface area contributed by atoms with Crippen LogP contribution in [0.5, 0.6) is 5.75 Å². The first-order chi connectivity index (χ1) is 8.15.